The Labute approximate surface area is 212 Å². The summed E-state index contributed by atoms with van der Waals surface area (Å²) in [5.74, 6) is 0. The topological polar surface area (TPSA) is 38.9 Å². The van der Waals surface area contributed by atoms with E-state index in [0.29, 0.717) is 0 Å². The fourth-order valence-corrected chi connectivity index (χ4v) is 5.55. The largest absolute Gasteiger partial charge is 0.455 e. The molecule has 3 aromatic heterocycles. The van der Waals surface area contributed by atoms with Gasteiger partial charge in [0.2, 0.25) is 0 Å². The third kappa shape index (κ3) is 3.08. The molecular weight excluding hydrogens is 452 g/mol. The highest BCUT2D eigenvalue weighted by molar-refractivity contribution is 6.23. The van der Waals surface area contributed by atoms with E-state index in [0.717, 1.165) is 55.4 Å². The molecule has 5 aromatic carbocycles. The molecule has 3 heteroatoms. The Hall–Kier alpha value is -5.02. The molecule has 0 radical (unpaired) electrons. The second kappa shape index (κ2) is 7.74. The number of hydrogen-bond donors (Lipinski definition) is 0. The maximum atomic E-state index is 6.62. The molecule has 0 spiro atoms. The molecule has 8 aromatic rings. The van der Waals surface area contributed by atoms with Crippen LogP contribution in [-0.4, -0.2) is 9.97 Å². The number of fused-ring (bicyclic) bond motifs is 7. The molecule has 0 fully saturated rings. The summed E-state index contributed by atoms with van der Waals surface area (Å²) in [7, 11) is 0. The van der Waals surface area contributed by atoms with Crippen molar-refractivity contribution in [2.45, 2.75) is 0 Å². The SMILES string of the molecule is c1cc(-c2cccc3cccnc23)nc(-c2cc3ccccc3c3c2oc2cc4ccccc4cc23)c1. The average molecular weight is 473 g/mol. The molecule has 37 heavy (non-hydrogen) atoms. The molecule has 8 rings (SSSR count). The average Bonchev–Trinajstić information content (AvgIpc) is 3.34. The fraction of sp³-hybridized carbons (Fsp3) is 0. The summed E-state index contributed by atoms with van der Waals surface area (Å²) in [5.41, 5.74) is 6.49. The van der Waals surface area contributed by atoms with Crippen LogP contribution in [0.5, 0.6) is 0 Å². The normalized spacial score (nSPS) is 11.8. The maximum Gasteiger partial charge on any atom is 0.145 e. The number of aromatic nitrogens is 2. The number of benzene rings is 5. The molecular formula is C34H20N2O. The van der Waals surface area contributed by atoms with E-state index in [1.807, 2.05) is 12.3 Å². The summed E-state index contributed by atoms with van der Waals surface area (Å²) in [5, 5.41) is 8.09. The zero-order chi connectivity index (χ0) is 24.3. The van der Waals surface area contributed by atoms with Crippen LogP contribution in [0.2, 0.25) is 0 Å². The molecule has 0 aliphatic heterocycles. The lowest BCUT2D eigenvalue weighted by Crippen LogP contribution is -1.91. The third-order valence-electron chi connectivity index (χ3n) is 7.26. The zero-order valence-electron chi connectivity index (χ0n) is 19.8. The first-order valence-electron chi connectivity index (χ1n) is 12.4. The van der Waals surface area contributed by atoms with Gasteiger partial charge in [-0.1, -0.05) is 78.9 Å². The minimum absolute atomic E-state index is 0.865. The van der Waals surface area contributed by atoms with Crippen molar-refractivity contribution in [1.29, 1.82) is 0 Å². The zero-order valence-corrected chi connectivity index (χ0v) is 19.8. The number of furan rings is 1. The predicted molar refractivity (Wildman–Crippen MR) is 153 cm³/mol. The van der Waals surface area contributed by atoms with Crippen molar-refractivity contribution in [3.05, 3.63) is 121 Å². The van der Waals surface area contributed by atoms with Crippen molar-refractivity contribution < 1.29 is 4.42 Å². The van der Waals surface area contributed by atoms with Crippen molar-refractivity contribution in [1.82, 2.24) is 9.97 Å². The Balaban J connectivity index is 1.44. The van der Waals surface area contributed by atoms with Gasteiger partial charge in [-0.15, -0.1) is 0 Å². The van der Waals surface area contributed by atoms with Gasteiger partial charge in [-0.2, -0.15) is 0 Å². The summed E-state index contributed by atoms with van der Waals surface area (Å²) in [6.07, 6.45) is 1.83. The van der Waals surface area contributed by atoms with E-state index in [2.05, 4.69) is 114 Å². The lowest BCUT2D eigenvalue weighted by Gasteiger charge is -2.09. The standard InChI is InChI=1S/C34H20N2O/c1-2-9-23-20-31-28(18-22(23)8-1)32-25-13-4-3-10-24(25)19-27(34(32)37-31)30-16-6-15-29(36-30)26-14-5-11-21-12-7-17-35-33(21)26/h1-20H. The molecule has 3 nitrogen and oxygen atoms in total. The van der Waals surface area contributed by atoms with Crippen molar-refractivity contribution in [2.75, 3.05) is 0 Å². The van der Waals surface area contributed by atoms with Gasteiger partial charge in [0.15, 0.2) is 0 Å². The van der Waals surface area contributed by atoms with Crippen LogP contribution in [0.25, 0.3) is 76.9 Å². The molecule has 0 unspecified atom stereocenters. The van der Waals surface area contributed by atoms with E-state index < -0.39 is 0 Å². The van der Waals surface area contributed by atoms with Gasteiger partial charge in [0.1, 0.15) is 11.2 Å². The molecule has 0 N–H and O–H groups in total. The third-order valence-corrected chi connectivity index (χ3v) is 7.26. The maximum absolute atomic E-state index is 6.62. The predicted octanol–water partition coefficient (Wildman–Crippen LogP) is 9.17. The van der Waals surface area contributed by atoms with E-state index in [1.165, 1.54) is 21.5 Å². The Morgan fingerprint density at radius 1 is 0.514 bits per heavy atom. The second-order valence-electron chi connectivity index (χ2n) is 9.44. The summed E-state index contributed by atoms with van der Waals surface area (Å²) >= 11 is 0. The quantitative estimate of drug-likeness (QED) is 0.252. The van der Waals surface area contributed by atoms with Crippen molar-refractivity contribution in [2.24, 2.45) is 0 Å². The minimum Gasteiger partial charge on any atom is -0.455 e. The molecule has 0 saturated heterocycles. The van der Waals surface area contributed by atoms with E-state index in [4.69, 9.17) is 9.40 Å². The van der Waals surface area contributed by atoms with Crippen LogP contribution in [0.1, 0.15) is 0 Å². The molecule has 0 atom stereocenters. The number of hydrogen-bond acceptors (Lipinski definition) is 3. The van der Waals surface area contributed by atoms with E-state index >= 15 is 0 Å². The molecule has 3 heterocycles. The van der Waals surface area contributed by atoms with Crippen molar-refractivity contribution in [3.8, 4) is 22.5 Å². The van der Waals surface area contributed by atoms with Gasteiger partial charge in [0, 0.05) is 33.5 Å². The monoisotopic (exact) mass is 472 g/mol. The molecule has 0 aliphatic carbocycles. The second-order valence-corrected chi connectivity index (χ2v) is 9.44. The summed E-state index contributed by atoms with van der Waals surface area (Å²) < 4.78 is 6.62. The number of pyridine rings is 2. The number of nitrogens with zero attached hydrogens (tertiary/aromatic N) is 2. The molecule has 0 bridgehead atoms. The smallest absolute Gasteiger partial charge is 0.145 e. The van der Waals surface area contributed by atoms with Crippen LogP contribution in [-0.2, 0) is 0 Å². The van der Waals surface area contributed by atoms with E-state index in [-0.39, 0.29) is 0 Å². The first-order chi connectivity index (χ1) is 18.3. The number of para-hydroxylation sites is 1. The Kier molecular flexibility index (Phi) is 4.23. The van der Waals surface area contributed by atoms with Gasteiger partial charge < -0.3 is 4.42 Å². The Bertz CT molecular complexity index is 2150. The molecule has 0 aliphatic rings. The van der Waals surface area contributed by atoms with Gasteiger partial charge in [0.05, 0.1) is 16.9 Å². The van der Waals surface area contributed by atoms with Gasteiger partial charge in [0.25, 0.3) is 0 Å². The fourth-order valence-electron chi connectivity index (χ4n) is 5.55. The lowest BCUT2D eigenvalue weighted by molar-refractivity contribution is 0.670. The highest BCUT2D eigenvalue weighted by Crippen LogP contribution is 2.42. The van der Waals surface area contributed by atoms with Crippen LogP contribution in [0, 0.1) is 0 Å². The van der Waals surface area contributed by atoms with Crippen molar-refractivity contribution >= 4 is 54.4 Å². The summed E-state index contributed by atoms with van der Waals surface area (Å²) in [4.78, 5) is 9.79. The van der Waals surface area contributed by atoms with Crippen LogP contribution < -0.4 is 0 Å². The van der Waals surface area contributed by atoms with E-state index in [9.17, 15) is 0 Å². The molecule has 0 saturated carbocycles. The van der Waals surface area contributed by atoms with Gasteiger partial charge in [-0.25, -0.2) is 4.98 Å². The minimum atomic E-state index is 0.865. The molecule has 0 amide bonds. The van der Waals surface area contributed by atoms with Crippen LogP contribution in [0.4, 0.5) is 0 Å². The van der Waals surface area contributed by atoms with Crippen LogP contribution >= 0.6 is 0 Å². The number of rotatable bonds is 2. The Morgan fingerprint density at radius 3 is 2.11 bits per heavy atom. The van der Waals surface area contributed by atoms with E-state index in [1.54, 1.807) is 0 Å². The summed E-state index contributed by atoms with van der Waals surface area (Å²) in [6.45, 7) is 0. The van der Waals surface area contributed by atoms with Gasteiger partial charge in [-0.3, -0.25) is 4.98 Å². The Morgan fingerprint density at radius 2 is 1.22 bits per heavy atom. The molecule has 172 valence electrons. The van der Waals surface area contributed by atoms with Crippen molar-refractivity contribution in [3.63, 3.8) is 0 Å². The summed E-state index contributed by atoms with van der Waals surface area (Å²) in [6, 6.07) is 40.0. The first kappa shape index (κ1) is 20.2. The highest BCUT2D eigenvalue weighted by atomic mass is 16.3. The first-order valence-corrected chi connectivity index (χ1v) is 12.4. The van der Waals surface area contributed by atoms with Crippen LogP contribution in [0.15, 0.2) is 126 Å². The van der Waals surface area contributed by atoms with Gasteiger partial charge in [-0.05, 0) is 57.9 Å². The lowest BCUT2D eigenvalue weighted by atomic mass is 9.97. The van der Waals surface area contributed by atoms with Gasteiger partial charge >= 0.3 is 0 Å². The van der Waals surface area contributed by atoms with Crippen LogP contribution in [0.3, 0.4) is 0 Å². The highest BCUT2D eigenvalue weighted by Gasteiger charge is 2.18.